The molecular formula is C14H16O5. The van der Waals surface area contributed by atoms with Gasteiger partial charge in [0.25, 0.3) is 0 Å². The minimum atomic E-state index is -1.51. The quantitative estimate of drug-likeness (QED) is 0.260. The summed E-state index contributed by atoms with van der Waals surface area (Å²) < 4.78 is 5.37. The molecule has 1 aromatic carbocycles. The first kappa shape index (κ1) is 14.8. The molecule has 0 spiro atoms. The molecule has 5 heteroatoms. The van der Waals surface area contributed by atoms with E-state index in [1.54, 1.807) is 30.3 Å². The standard InChI is InChI=1S/C14H16O5/c1-2-3-9-19-12(10-7-5-4-6-8-10)11(13(15)16)14(17)18/h4-8H,2-3,9H2,1H3,(H,15,16)(H,17,18). The Morgan fingerprint density at radius 3 is 2.16 bits per heavy atom. The Morgan fingerprint density at radius 2 is 1.68 bits per heavy atom. The maximum absolute atomic E-state index is 11.1. The molecule has 2 N–H and O–H groups in total. The van der Waals surface area contributed by atoms with Gasteiger partial charge in [0.2, 0.25) is 0 Å². The van der Waals surface area contributed by atoms with E-state index in [9.17, 15) is 9.59 Å². The third-order valence-electron chi connectivity index (χ3n) is 2.44. The summed E-state index contributed by atoms with van der Waals surface area (Å²) in [4.78, 5) is 22.1. The fourth-order valence-corrected chi connectivity index (χ4v) is 1.49. The second-order valence-corrected chi connectivity index (χ2v) is 3.88. The number of carboxylic acids is 2. The van der Waals surface area contributed by atoms with E-state index in [-0.39, 0.29) is 12.4 Å². The third-order valence-corrected chi connectivity index (χ3v) is 2.44. The fourth-order valence-electron chi connectivity index (χ4n) is 1.49. The number of unbranched alkanes of at least 4 members (excludes halogenated alkanes) is 1. The maximum atomic E-state index is 11.1. The van der Waals surface area contributed by atoms with Gasteiger partial charge in [-0.1, -0.05) is 43.7 Å². The third kappa shape index (κ3) is 4.13. The number of carbonyl (C=O) groups is 2. The zero-order valence-corrected chi connectivity index (χ0v) is 10.6. The highest BCUT2D eigenvalue weighted by Crippen LogP contribution is 2.21. The Balaban J connectivity index is 3.21. The van der Waals surface area contributed by atoms with E-state index in [2.05, 4.69) is 0 Å². The number of hydrogen-bond acceptors (Lipinski definition) is 3. The van der Waals surface area contributed by atoms with Crippen molar-refractivity contribution in [2.24, 2.45) is 0 Å². The van der Waals surface area contributed by atoms with E-state index in [4.69, 9.17) is 14.9 Å². The maximum Gasteiger partial charge on any atom is 0.347 e. The zero-order chi connectivity index (χ0) is 14.3. The van der Waals surface area contributed by atoms with Gasteiger partial charge in [-0.25, -0.2) is 9.59 Å². The summed E-state index contributed by atoms with van der Waals surface area (Å²) >= 11 is 0. The van der Waals surface area contributed by atoms with Crippen LogP contribution in [0.3, 0.4) is 0 Å². The highest BCUT2D eigenvalue weighted by molar-refractivity contribution is 6.17. The van der Waals surface area contributed by atoms with Gasteiger partial charge < -0.3 is 14.9 Å². The average Bonchev–Trinajstić information content (AvgIpc) is 2.38. The van der Waals surface area contributed by atoms with Crippen LogP contribution in [0.1, 0.15) is 25.3 Å². The summed E-state index contributed by atoms with van der Waals surface area (Å²) in [6, 6.07) is 8.38. The molecule has 0 aliphatic heterocycles. The molecule has 102 valence electrons. The molecular weight excluding hydrogens is 248 g/mol. The molecule has 1 rings (SSSR count). The molecule has 5 nitrogen and oxygen atoms in total. The van der Waals surface area contributed by atoms with E-state index >= 15 is 0 Å². The molecule has 0 amide bonds. The van der Waals surface area contributed by atoms with Gasteiger partial charge in [0.05, 0.1) is 6.61 Å². The van der Waals surface area contributed by atoms with Gasteiger partial charge in [-0.3, -0.25) is 0 Å². The zero-order valence-electron chi connectivity index (χ0n) is 10.6. The second kappa shape index (κ2) is 7.20. The van der Waals surface area contributed by atoms with E-state index in [0.29, 0.717) is 5.56 Å². The number of ether oxygens (including phenoxy) is 1. The van der Waals surface area contributed by atoms with Crippen molar-refractivity contribution in [2.45, 2.75) is 19.8 Å². The van der Waals surface area contributed by atoms with Crippen molar-refractivity contribution in [1.82, 2.24) is 0 Å². The van der Waals surface area contributed by atoms with Crippen molar-refractivity contribution in [2.75, 3.05) is 6.61 Å². The van der Waals surface area contributed by atoms with Gasteiger partial charge in [0.1, 0.15) is 5.76 Å². The smallest absolute Gasteiger partial charge is 0.347 e. The Morgan fingerprint density at radius 1 is 1.11 bits per heavy atom. The number of rotatable bonds is 7. The molecule has 0 bridgehead atoms. The molecule has 0 saturated carbocycles. The highest BCUT2D eigenvalue weighted by Gasteiger charge is 2.24. The van der Waals surface area contributed by atoms with Crippen LogP contribution >= 0.6 is 0 Å². The van der Waals surface area contributed by atoms with Crippen molar-refractivity contribution in [3.05, 3.63) is 41.5 Å². The molecule has 0 aliphatic rings. The van der Waals surface area contributed by atoms with E-state index in [1.165, 1.54) is 0 Å². The van der Waals surface area contributed by atoms with Crippen molar-refractivity contribution < 1.29 is 24.5 Å². The van der Waals surface area contributed by atoms with Crippen molar-refractivity contribution in [3.8, 4) is 0 Å². The van der Waals surface area contributed by atoms with Crippen molar-refractivity contribution in [1.29, 1.82) is 0 Å². The normalized spacial score (nSPS) is 9.74. The van der Waals surface area contributed by atoms with Crippen molar-refractivity contribution in [3.63, 3.8) is 0 Å². The molecule has 0 unspecified atom stereocenters. The Hall–Kier alpha value is -2.30. The van der Waals surface area contributed by atoms with Crippen LogP contribution in [0.25, 0.3) is 5.76 Å². The summed E-state index contributed by atoms with van der Waals surface area (Å²) in [5.74, 6) is -3.13. The summed E-state index contributed by atoms with van der Waals surface area (Å²) in [7, 11) is 0. The van der Waals surface area contributed by atoms with Crippen LogP contribution in [0.15, 0.2) is 35.9 Å². The average molecular weight is 264 g/mol. The lowest BCUT2D eigenvalue weighted by atomic mass is 10.1. The molecule has 0 aromatic heterocycles. The Kier molecular flexibility index (Phi) is 5.60. The summed E-state index contributed by atoms with van der Waals surface area (Å²) in [5, 5.41) is 18.0. The van der Waals surface area contributed by atoms with E-state index in [1.807, 2.05) is 6.92 Å². The molecule has 1 aromatic rings. The highest BCUT2D eigenvalue weighted by atomic mass is 16.5. The predicted molar refractivity (Wildman–Crippen MR) is 69.5 cm³/mol. The fraction of sp³-hybridized carbons (Fsp3) is 0.286. The summed E-state index contributed by atoms with van der Waals surface area (Å²) in [5.41, 5.74) is -0.305. The van der Waals surface area contributed by atoms with E-state index < -0.39 is 17.5 Å². The van der Waals surface area contributed by atoms with Crippen LogP contribution in [-0.4, -0.2) is 28.8 Å². The van der Waals surface area contributed by atoms with Gasteiger partial charge in [0.15, 0.2) is 5.57 Å². The van der Waals surface area contributed by atoms with E-state index in [0.717, 1.165) is 12.8 Å². The minimum absolute atomic E-state index is 0.103. The molecule has 0 saturated heterocycles. The monoisotopic (exact) mass is 264 g/mol. The lowest BCUT2D eigenvalue weighted by Gasteiger charge is -2.12. The number of aliphatic carboxylic acids is 2. The van der Waals surface area contributed by atoms with Crippen LogP contribution in [-0.2, 0) is 14.3 Å². The Bertz CT molecular complexity index is 460. The molecule has 0 atom stereocenters. The topological polar surface area (TPSA) is 83.8 Å². The van der Waals surface area contributed by atoms with Gasteiger partial charge in [-0.05, 0) is 6.42 Å². The van der Waals surface area contributed by atoms with Crippen LogP contribution in [0, 0.1) is 0 Å². The first-order valence-corrected chi connectivity index (χ1v) is 5.97. The largest absolute Gasteiger partial charge is 0.492 e. The SMILES string of the molecule is CCCCOC(=C(C(=O)O)C(=O)O)c1ccccc1. The number of benzene rings is 1. The van der Waals surface area contributed by atoms with Crippen LogP contribution in [0.5, 0.6) is 0 Å². The number of hydrogen-bond donors (Lipinski definition) is 2. The van der Waals surface area contributed by atoms with Gasteiger partial charge in [-0.2, -0.15) is 0 Å². The molecule has 19 heavy (non-hydrogen) atoms. The predicted octanol–water partition coefficient (Wildman–Crippen LogP) is 2.38. The first-order chi connectivity index (χ1) is 9.07. The van der Waals surface area contributed by atoms with Gasteiger partial charge in [-0.15, -0.1) is 0 Å². The van der Waals surface area contributed by atoms with Crippen LogP contribution in [0.4, 0.5) is 0 Å². The molecule has 0 aliphatic carbocycles. The van der Waals surface area contributed by atoms with Gasteiger partial charge in [0, 0.05) is 5.56 Å². The lowest BCUT2D eigenvalue weighted by molar-refractivity contribution is -0.140. The Labute approximate surface area is 111 Å². The lowest BCUT2D eigenvalue weighted by Crippen LogP contribution is -2.15. The van der Waals surface area contributed by atoms with Gasteiger partial charge >= 0.3 is 11.9 Å². The van der Waals surface area contributed by atoms with Crippen LogP contribution < -0.4 is 0 Å². The minimum Gasteiger partial charge on any atom is -0.492 e. The first-order valence-electron chi connectivity index (χ1n) is 5.97. The van der Waals surface area contributed by atoms with Crippen LogP contribution in [0.2, 0.25) is 0 Å². The summed E-state index contributed by atoms with van der Waals surface area (Å²) in [6.07, 6.45) is 1.60. The molecule has 0 radical (unpaired) electrons. The molecule has 0 fully saturated rings. The second-order valence-electron chi connectivity index (χ2n) is 3.88. The number of carboxylic acid groups (broad SMARTS) is 2. The molecule has 0 heterocycles. The van der Waals surface area contributed by atoms with Crippen molar-refractivity contribution >= 4 is 17.7 Å². The summed E-state index contributed by atoms with van der Waals surface area (Å²) in [6.45, 7) is 2.25.